The molecule has 1 N–H and O–H groups in total. The lowest BCUT2D eigenvalue weighted by molar-refractivity contribution is -0.127. The van der Waals surface area contributed by atoms with E-state index in [2.05, 4.69) is 5.32 Å². The topological polar surface area (TPSA) is 66.5 Å². The number of halogens is 1. The van der Waals surface area contributed by atoms with Gasteiger partial charge in [0, 0.05) is 18.7 Å². The highest BCUT2D eigenvalue weighted by Crippen LogP contribution is 2.32. The number of thioether (sulfide) groups is 1. The van der Waals surface area contributed by atoms with Gasteiger partial charge >= 0.3 is 0 Å². The Morgan fingerprint density at radius 1 is 1.13 bits per heavy atom. The Morgan fingerprint density at radius 2 is 1.80 bits per heavy atom. The molecule has 1 aliphatic rings. The summed E-state index contributed by atoms with van der Waals surface area (Å²) in [7, 11) is 0. The molecule has 1 aliphatic heterocycles. The molecule has 156 valence electrons. The number of carbonyl (C=O) groups is 3. The number of aryl methyl sites for hydroxylation is 1. The lowest BCUT2D eigenvalue weighted by atomic mass is 9.83. The van der Waals surface area contributed by atoms with E-state index in [1.165, 1.54) is 6.07 Å². The van der Waals surface area contributed by atoms with E-state index in [-0.39, 0.29) is 35.7 Å². The number of hydrogen-bond acceptors (Lipinski definition) is 4. The molecule has 0 spiro atoms. The molecule has 1 saturated heterocycles. The molecule has 2 aromatic rings. The minimum atomic E-state index is -1.09. The van der Waals surface area contributed by atoms with Crippen LogP contribution in [0.1, 0.15) is 30.5 Å². The van der Waals surface area contributed by atoms with Crippen LogP contribution < -0.4 is 5.32 Å². The van der Waals surface area contributed by atoms with Crippen molar-refractivity contribution in [2.24, 2.45) is 0 Å². The highest BCUT2D eigenvalue weighted by molar-refractivity contribution is 8.18. The van der Waals surface area contributed by atoms with E-state index in [0.717, 1.165) is 27.8 Å². The maximum atomic E-state index is 14.1. The molecule has 1 fully saturated rings. The van der Waals surface area contributed by atoms with E-state index in [1.807, 2.05) is 31.2 Å². The van der Waals surface area contributed by atoms with E-state index in [1.54, 1.807) is 38.1 Å². The van der Waals surface area contributed by atoms with Crippen LogP contribution >= 0.6 is 11.8 Å². The van der Waals surface area contributed by atoms with Gasteiger partial charge in [-0.2, -0.15) is 0 Å². The summed E-state index contributed by atoms with van der Waals surface area (Å²) in [5.41, 5.74) is 1.14. The Morgan fingerprint density at radius 3 is 2.47 bits per heavy atom. The quantitative estimate of drug-likeness (QED) is 0.701. The van der Waals surface area contributed by atoms with E-state index in [9.17, 15) is 18.8 Å². The number of nitrogens with zero attached hydrogens (tertiary/aromatic N) is 1. The van der Waals surface area contributed by atoms with Crippen LogP contribution in [0.2, 0.25) is 0 Å². The van der Waals surface area contributed by atoms with E-state index < -0.39 is 11.2 Å². The SMILES string of the molecule is Cc1ccc(C=C2SC(=O)N(CCNC(=O)C(C)(C)c3ccccc3F)C2=O)cc1. The molecule has 3 amide bonds. The molecule has 0 bridgehead atoms. The van der Waals surface area contributed by atoms with Crippen LogP contribution in [0.5, 0.6) is 0 Å². The Balaban J connectivity index is 1.61. The van der Waals surface area contributed by atoms with Crippen molar-refractivity contribution < 1.29 is 18.8 Å². The number of hydrogen-bond donors (Lipinski definition) is 1. The molecule has 30 heavy (non-hydrogen) atoms. The second-order valence-electron chi connectivity index (χ2n) is 7.60. The Bertz CT molecular complexity index is 1020. The zero-order valence-corrected chi connectivity index (χ0v) is 17.9. The van der Waals surface area contributed by atoms with Crippen LogP contribution in [0.15, 0.2) is 53.4 Å². The van der Waals surface area contributed by atoms with Gasteiger partial charge < -0.3 is 5.32 Å². The molecule has 0 radical (unpaired) electrons. The van der Waals surface area contributed by atoms with Crippen LogP contribution in [-0.4, -0.2) is 35.0 Å². The number of amides is 3. The summed E-state index contributed by atoms with van der Waals surface area (Å²) in [5, 5.41) is 2.33. The minimum Gasteiger partial charge on any atom is -0.354 e. The predicted molar refractivity (Wildman–Crippen MR) is 116 cm³/mol. The van der Waals surface area contributed by atoms with Gasteiger partial charge in [-0.25, -0.2) is 4.39 Å². The fourth-order valence-electron chi connectivity index (χ4n) is 3.10. The second-order valence-corrected chi connectivity index (χ2v) is 8.60. The van der Waals surface area contributed by atoms with Crippen LogP contribution in [-0.2, 0) is 15.0 Å². The summed E-state index contributed by atoms with van der Waals surface area (Å²) >= 11 is 0.880. The van der Waals surface area contributed by atoms with Crippen LogP contribution in [0.3, 0.4) is 0 Å². The molecule has 0 aromatic heterocycles. The largest absolute Gasteiger partial charge is 0.354 e. The smallest absolute Gasteiger partial charge is 0.293 e. The maximum absolute atomic E-state index is 14.1. The number of rotatable bonds is 6. The standard InChI is InChI=1S/C23H23FN2O3S/c1-15-8-10-16(11-9-15)14-19-20(27)26(22(29)30-19)13-12-25-21(28)23(2,3)17-6-4-5-7-18(17)24/h4-11,14H,12-13H2,1-3H3,(H,25,28). The molecule has 0 aliphatic carbocycles. The van der Waals surface area contributed by atoms with Gasteiger partial charge in [-0.15, -0.1) is 0 Å². The van der Waals surface area contributed by atoms with Crippen LogP contribution in [0.4, 0.5) is 9.18 Å². The first-order valence-corrected chi connectivity index (χ1v) is 10.4. The number of imide groups is 1. The van der Waals surface area contributed by atoms with Crippen molar-refractivity contribution in [2.75, 3.05) is 13.1 Å². The summed E-state index contributed by atoms with van der Waals surface area (Å²) in [6, 6.07) is 13.8. The number of nitrogens with one attached hydrogen (secondary N) is 1. The molecule has 5 nitrogen and oxygen atoms in total. The summed E-state index contributed by atoms with van der Waals surface area (Å²) in [4.78, 5) is 38.9. The third-order valence-electron chi connectivity index (χ3n) is 4.98. The van der Waals surface area contributed by atoms with Gasteiger partial charge in [0.15, 0.2) is 0 Å². The van der Waals surface area contributed by atoms with Gasteiger partial charge in [0.1, 0.15) is 5.82 Å². The van der Waals surface area contributed by atoms with Crippen molar-refractivity contribution in [3.63, 3.8) is 0 Å². The van der Waals surface area contributed by atoms with Gasteiger partial charge in [-0.1, -0.05) is 48.0 Å². The van der Waals surface area contributed by atoms with Gasteiger partial charge in [0.05, 0.1) is 10.3 Å². The normalized spacial score (nSPS) is 15.7. The highest BCUT2D eigenvalue weighted by atomic mass is 32.2. The monoisotopic (exact) mass is 426 g/mol. The maximum Gasteiger partial charge on any atom is 0.293 e. The lowest BCUT2D eigenvalue weighted by Crippen LogP contribution is -2.44. The fraction of sp³-hybridized carbons (Fsp3) is 0.261. The summed E-state index contributed by atoms with van der Waals surface area (Å²) in [5.74, 6) is -1.22. The van der Waals surface area contributed by atoms with Crippen molar-refractivity contribution in [1.29, 1.82) is 0 Å². The molecular weight excluding hydrogens is 403 g/mol. The molecule has 3 rings (SSSR count). The summed E-state index contributed by atoms with van der Waals surface area (Å²) in [6.45, 7) is 5.37. The van der Waals surface area contributed by atoms with Gasteiger partial charge in [-0.05, 0) is 50.2 Å². The van der Waals surface area contributed by atoms with Gasteiger partial charge in [0.2, 0.25) is 5.91 Å². The predicted octanol–water partition coefficient (Wildman–Crippen LogP) is 4.26. The third-order valence-corrected chi connectivity index (χ3v) is 5.89. The van der Waals surface area contributed by atoms with E-state index in [0.29, 0.717) is 4.91 Å². The Kier molecular flexibility index (Phi) is 6.41. The molecule has 0 saturated carbocycles. The third kappa shape index (κ3) is 4.62. The molecule has 7 heteroatoms. The zero-order chi connectivity index (χ0) is 21.9. The first-order chi connectivity index (χ1) is 14.2. The average Bonchev–Trinajstić information content (AvgIpc) is 2.97. The molecule has 2 aromatic carbocycles. The minimum absolute atomic E-state index is 0.0506. The number of carbonyl (C=O) groups excluding carboxylic acids is 3. The summed E-state index contributed by atoms with van der Waals surface area (Å²) < 4.78 is 14.1. The molecule has 0 atom stereocenters. The van der Waals surface area contributed by atoms with Crippen molar-refractivity contribution in [3.8, 4) is 0 Å². The Hall–Kier alpha value is -2.93. The number of benzene rings is 2. The molecule has 0 unspecified atom stereocenters. The highest BCUT2D eigenvalue weighted by Gasteiger charge is 2.36. The first-order valence-electron chi connectivity index (χ1n) is 9.55. The average molecular weight is 427 g/mol. The summed E-state index contributed by atoms with van der Waals surface area (Å²) in [6.07, 6.45) is 1.68. The Labute approximate surface area is 179 Å². The van der Waals surface area contributed by atoms with E-state index in [4.69, 9.17) is 0 Å². The van der Waals surface area contributed by atoms with Crippen LogP contribution in [0, 0.1) is 12.7 Å². The van der Waals surface area contributed by atoms with E-state index >= 15 is 0 Å². The van der Waals surface area contributed by atoms with Crippen LogP contribution in [0.25, 0.3) is 6.08 Å². The van der Waals surface area contributed by atoms with Crippen molar-refractivity contribution in [2.45, 2.75) is 26.2 Å². The first kappa shape index (κ1) is 21.8. The fourth-order valence-corrected chi connectivity index (χ4v) is 3.96. The molecular formula is C23H23FN2O3S. The zero-order valence-electron chi connectivity index (χ0n) is 17.1. The van der Waals surface area contributed by atoms with Gasteiger partial charge in [0.25, 0.3) is 11.1 Å². The second kappa shape index (κ2) is 8.83. The van der Waals surface area contributed by atoms with Crippen molar-refractivity contribution >= 4 is 34.9 Å². The van der Waals surface area contributed by atoms with Gasteiger partial charge in [-0.3, -0.25) is 19.3 Å². The van der Waals surface area contributed by atoms with Crippen molar-refractivity contribution in [3.05, 3.63) is 75.9 Å². The lowest BCUT2D eigenvalue weighted by Gasteiger charge is -2.25. The molecule has 1 heterocycles. The van der Waals surface area contributed by atoms with Crippen molar-refractivity contribution in [1.82, 2.24) is 10.2 Å².